The van der Waals surface area contributed by atoms with Crippen molar-refractivity contribution >= 4 is 17.5 Å². The van der Waals surface area contributed by atoms with Crippen LogP contribution in [0.3, 0.4) is 0 Å². The van der Waals surface area contributed by atoms with Crippen molar-refractivity contribution in [3.05, 3.63) is 70.2 Å². The molecule has 3 nitrogen and oxygen atoms in total. The van der Waals surface area contributed by atoms with Gasteiger partial charge < -0.3 is 10.1 Å². The Bertz CT molecular complexity index is 727. The van der Waals surface area contributed by atoms with Crippen molar-refractivity contribution in [2.24, 2.45) is 5.92 Å². The van der Waals surface area contributed by atoms with Gasteiger partial charge in [-0.2, -0.15) is 0 Å². The maximum atomic E-state index is 12.3. The maximum Gasteiger partial charge on any atom is 0.224 e. The fourth-order valence-corrected chi connectivity index (χ4v) is 3.22. The van der Waals surface area contributed by atoms with E-state index >= 15 is 0 Å². The lowest BCUT2D eigenvalue weighted by Crippen LogP contribution is -2.24. The average molecular weight is 358 g/mol. The van der Waals surface area contributed by atoms with Gasteiger partial charge in [0.2, 0.25) is 5.91 Å². The van der Waals surface area contributed by atoms with Gasteiger partial charge in [-0.3, -0.25) is 4.79 Å². The molecule has 0 radical (unpaired) electrons. The van der Waals surface area contributed by atoms with Crippen molar-refractivity contribution < 1.29 is 9.53 Å². The normalized spacial score (nSPS) is 19.0. The standard InChI is InChI=1S/C21H24ClNO2/c1-14(2)25-13-16-9-7-15(8-10-16)12-23-21(24)19-11-18(19)17-5-3-4-6-20(17)22/h3-10,14,18-19H,11-13H2,1-2H3,(H,23,24). The monoisotopic (exact) mass is 357 g/mol. The Hall–Kier alpha value is -1.84. The summed E-state index contributed by atoms with van der Waals surface area (Å²) >= 11 is 6.22. The molecule has 1 fully saturated rings. The molecule has 0 spiro atoms. The van der Waals surface area contributed by atoms with E-state index in [-0.39, 0.29) is 23.8 Å². The minimum atomic E-state index is 0.0404. The van der Waals surface area contributed by atoms with Crippen molar-refractivity contribution in [1.29, 1.82) is 0 Å². The van der Waals surface area contributed by atoms with Gasteiger partial charge in [-0.05, 0) is 48.9 Å². The number of ether oxygens (including phenoxy) is 1. The molecule has 1 amide bonds. The highest BCUT2D eigenvalue weighted by molar-refractivity contribution is 6.31. The highest BCUT2D eigenvalue weighted by Gasteiger charge is 2.44. The first-order valence-corrected chi connectivity index (χ1v) is 9.14. The van der Waals surface area contributed by atoms with Crippen molar-refractivity contribution in [3.63, 3.8) is 0 Å². The van der Waals surface area contributed by atoms with E-state index in [1.807, 2.05) is 62.4 Å². The number of benzene rings is 2. The largest absolute Gasteiger partial charge is 0.374 e. The Labute approximate surface area is 154 Å². The van der Waals surface area contributed by atoms with Crippen LogP contribution in [0, 0.1) is 5.92 Å². The lowest BCUT2D eigenvalue weighted by molar-refractivity contribution is -0.122. The van der Waals surface area contributed by atoms with Crippen LogP contribution in [-0.2, 0) is 22.7 Å². The predicted octanol–water partition coefficient (Wildman–Crippen LogP) is 4.68. The summed E-state index contributed by atoms with van der Waals surface area (Å²) in [5.74, 6) is 0.403. The molecule has 2 aromatic rings. The maximum absolute atomic E-state index is 12.3. The van der Waals surface area contributed by atoms with Gasteiger partial charge >= 0.3 is 0 Å². The number of rotatable bonds is 7. The zero-order chi connectivity index (χ0) is 17.8. The van der Waals surface area contributed by atoms with Crippen molar-refractivity contribution in [3.8, 4) is 0 Å². The van der Waals surface area contributed by atoms with E-state index in [4.69, 9.17) is 16.3 Å². The van der Waals surface area contributed by atoms with Crippen LogP contribution in [0.4, 0.5) is 0 Å². The molecule has 25 heavy (non-hydrogen) atoms. The summed E-state index contributed by atoms with van der Waals surface area (Å²) in [5, 5.41) is 3.79. The fraction of sp³-hybridized carbons (Fsp3) is 0.381. The quantitative estimate of drug-likeness (QED) is 0.781. The predicted molar refractivity (Wildman–Crippen MR) is 101 cm³/mol. The molecular formula is C21H24ClNO2. The zero-order valence-corrected chi connectivity index (χ0v) is 15.4. The average Bonchev–Trinajstić information content (AvgIpc) is 3.40. The van der Waals surface area contributed by atoms with Gasteiger partial charge in [0.25, 0.3) is 0 Å². The smallest absolute Gasteiger partial charge is 0.224 e. The van der Waals surface area contributed by atoms with Gasteiger partial charge in [-0.1, -0.05) is 54.1 Å². The molecule has 0 bridgehead atoms. The van der Waals surface area contributed by atoms with Crippen LogP contribution in [-0.4, -0.2) is 12.0 Å². The van der Waals surface area contributed by atoms with E-state index in [2.05, 4.69) is 5.32 Å². The summed E-state index contributed by atoms with van der Waals surface area (Å²) in [6.45, 7) is 5.22. The third-order valence-corrected chi connectivity index (χ3v) is 4.85. The Balaban J connectivity index is 1.48. The Morgan fingerprint density at radius 3 is 2.52 bits per heavy atom. The van der Waals surface area contributed by atoms with Crippen LogP contribution in [0.1, 0.15) is 42.9 Å². The zero-order valence-electron chi connectivity index (χ0n) is 14.7. The van der Waals surface area contributed by atoms with E-state index in [0.29, 0.717) is 13.2 Å². The molecule has 132 valence electrons. The van der Waals surface area contributed by atoms with E-state index in [0.717, 1.165) is 28.1 Å². The first-order valence-electron chi connectivity index (χ1n) is 8.76. The fourth-order valence-electron chi connectivity index (χ4n) is 2.94. The summed E-state index contributed by atoms with van der Waals surface area (Å²) in [5.41, 5.74) is 3.32. The number of halogens is 1. The molecule has 2 unspecified atom stereocenters. The molecule has 3 rings (SSSR count). The number of hydrogen-bond donors (Lipinski definition) is 1. The van der Waals surface area contributed by atoms with Gasteiger partial charge in [0.05, 0.1) is 12.7 Å². The number of carbonyl (C=O) groups is 1. The van der Waals surface area contributed by atoms with Crippen molar-refractivity contribution in [2.75, 3.05) is 0 Å². The topological polar surface area (TPSA) is 38.3 Å². The number of carbonyl (C=O) groups excluding carboxylic acids is 1. The van der Waals surface area contributed by atoms with Crippen LogP contribution in [0.5, 0.6) is 0 Å². The van der Waals surface area contributed by atoms with E-state index in [1.54, 1.807) is 0 Å². The first kappa shape index (κ1) is 18.0. The van der Waals surface area contributed by atoms with Gasteiger partial charge in [-0.15, -0.1) is 0 Å². The number of amides is 1. The molecular weight excluding hydrogens is 334 g/mol. The van der Waals surface area contributed by atoms with Gasteiger partial charge in [0.1, 0.15) is 0 Å². The first-order chi connectivity index (χ1) is 12.0. The lowest BCUT2D eigenvalue weighted by atomic mass is 10.1. The third-order valence-electron chi connectivity index (χ3n) is 4.50. The Morgan fingerprint density at radius 1 is 1.16 bits per heavy atom. The molecule has 1 aliphatic carbocycles. The summed E-state index contributed by atoms with van der Waals surface area (Å²) in [7, 11) is 0. The SMILES string of the molecule is CC(C)OCc1ccc(CNC(=O)C2CC2c2ccccc2Cl)cc1. The Morgan fingerprint density at radius 2 is 1.84 bits per heavy atom. The summed E-state index contributed by atoms with van der Waals surface area (Å²) in [4.78, 5) is 12.3. The highest BCUT2D eigenvalue weighted by atomic mass is 35.5. The van der Waals surface area contributed by atoms with Crippen molar-refractivity contribution in [2.45, 2.75) is 45.4 Å². The molecule has 4 heteroatoms. The highest BCUT2D eigenvalue weighted by Crippen LogP contribution is 2.49. The van der Waals surface area contributed by atoms with Crippen LogP contribution >= 0.6 is 11.6 Å². The van der Waals surface area contributed by atoms with Gasteiger partial charge in [-0.25, -0.2) is 0 Å². The number of nitrogens with one attached hydrogen (secondary N) is 1. The summed E-state index contributed by atoms with van der Waals surface area (Å²) in [6, 6.07) is 16.0. The van der Waals surface area contributed by atoms with Crippen molar-refractivity contribution in [1.82, 2.24) is 5.32 Å². The number of hydrogen-bond acceptors (Lipinski definition) is 2. The summed E-state index contributed by atoms with van der Waals surface area (Å²) in [6.07, 6.45) is 1.10. The van der Waals surface area contributed by atoms with E-state index in [9.17, 15) is 4.79 Å². The van der Waals surface area contributed by atoms with E-state index in [1.165, 1.54) is 0 Å². The molecule has 0 heterocycles. The Kier molecular flexibility index (Phi) is 5.77. The van der Waals surface area contributed by atoms with E-state index < -0.39 is 0 Å². The molecule has 1 aliphatic rings. The minimum absolute atomic E-state index is 0.0404. The molecule has 0 saturated heterocycles. The molecule has 1 N–H and O–H groups in total. The molecule has 0 aromatic heterocycles. The van der Waals surface area contributed by atoms with Crippen LogP contribution < -0.4 is 5.32 Å². The second-order valence-corrected chi connectivity index (χ2v) is 7.27. The second kappa shape index (κ2) is 8.03. The van der Waals surface area contributed by atoms with Crippen LogP contribution in [0.2, 0.25) is 5.02 Å². The minimum Gasteiger partial charge on any atom is -0.374 e. The van der Waals surface area contributed by atoms with Gasteiger partial charge in [0, 0.05) is 17.5 Å². The van der Waals surface area contributed by atoms with Crippen LogP contribution in [0.15, 0.2) is 48.5 Å². The van der Waals surface area contributed by atoms with Crippen LogP contribution in [0.25, 0.3) is 0 Å². The lowest BCUT2D eigenvalue weighted by Gasteiger charge is -2.09. The molecule has 2 aromatic carbocycles. The molecule has 2 atom stereocenters. The molecule has 0 aliphatic heterocycles. The summed E-state index contributed by atoms with van der Waals surface area (Å²) < 4.78 is 5.59. The third kappa shape index (κ3) is 4.83. The van der Waals surface area contributed by atoms with Gasteiger partial charge in [0.15, 0.2) is 0 Å². The second-order valence-electron chi connectivity index (χ2n) is 6.86. The molecule has 1 saturated carbocycles.